The number of aryl methyl sites for hydroxylation is 1. The van der Waals surface area contributed by atoms with Gasteiger partial charge in [-0.3, -0.25) is 0 Å². The van der Waals surface area contributed by atoms with Crippen molar-refractivity contribution in [2.75, 3.05) is 32.6 Å². The third kappa shape index (κ3) is 4.03. The van der Waals surface area contributed by atoms with Crippen LogP contribution in [0.15, 0.2) is 24.3 Å². The van der Waals surface area contributed by atoms with Crippen molar-refractivity contribution >= 4 is 10.0 Å². The number of sulfonamides is 1. The van der Waals surface area contributed by atoms with Crippen molar-refractivity contribution in [1.82, 2.24) is 4.31 Å². The van der Waals surface area contributed by atoms with Gasteiger partial charge in [-0.15, -0.1) is 0 Å². The Labute approximate surface area is 126 Å². The van der Waals surface area contributed by atoms with E-state index in [9.17, 15) is 8.42 Å². The molecular formula is C15H23NO4S. The van der Waals surface area contributed by atoms with Crippen LogP contribution in [0.4, 0.5) is 0 Å². The molecule has 5 nitrogen and oxygen atoms in total. The van der Waals surface area contributed by atoms with Crippen LogP contribution < -0.4 is 0 Å². The van der Waals surface area contributed by atoms with E-state index in [1.807, 2.05) is 31.2 Å². The second-order valence-electron chi connectivity index (χ2n) is 5.40. The minimum Gasteiger partial charge on any atom is -0.381 e. The van der Waals surface area contributed by atoms with Crippen LogP contribution in [-0.2, 0) is 19.5 Å². The molecule has 6 heteroatoms. The van der Waals surface area contributed by atoms with Gasteiger partial charge in [-0.2, -0.15) is 4.31 Å². The molecule has 1 aromatic carbocycles. The lowest BCUT2D eigenvalue weighted by Gasteiger charge is -2.33. The third-order valence-corrected chi connectivity index (χ3v) is 5.81. The molecule has 21 heavy (non-hydrogen) atoms. The molecule has 0 bridgehead atoms. The van der Waals surface area contributed by atoms with Crippen molar-refractivity contribution in [2.45, 2.75) is 26.1 Å². The number of ether oxygens (including phenoxy) is 2. The largest absolute Gasteiger partial charge is 0.381 e. The molecule has 1 heterocycles. The minimum atomic E-state index is -3.32. The predicted octanol–water partition coefficient (Wildman–Crippen LogP) is 1.73. The molecule has 1 saturated heterocycles. The number of nitrogens with zero attached hydrogens (tertiary/aromatic N) is 1. The fraction of sp³-hybridized carbons (Fsp3) is 0.600. The van der Waals surface area contributed by atoms with Crippen LogP contribution in [0.25, 0.3) is 0 Å². The van der Waals surface area contributed by atoms with Crippen molar-refractivity contribution in [2.24, 2.45) is 0 Å². The molecule has 0 N–H and O–H groups in total. The van der Waals surface area contributed by atoms with E-state index in [2.05, 4.69) is 0 Å². The zero-order chi connectivity index (χ0) is 15.5. The molecule has 1 fully saturated rings. The number of rotatable bonds is 5. The van der Waals surface area contributed by atoms with Gasteiger partial charge in [-0.05, 0) is 25.0 Å². The highest BCUT2D eigenvalue weighted by Crippen LogP contribution is 2.26. The summed E-state index contributed by atoms with van der Waals surface area (Å²) in [7, 11) is -1.80. The van der Waals surface area contributed by atoms with E-state index in [0.29, 0.717) is 19.7 Å². The summed E-state index contributed by atoms with van der Waals surface area (Å²) in [5, 5.41) is 0. The highest BCUT2D eigenvalue weighted by molar-refractivity contribution is 7.89. The molecule has 2 unspecified atom stereocenters. The van der Waals surface area contributed by atoms with Crippen LogP contribution in [-0.4, -0.2) is 51.4 Å². The van der Waals surface area contributed by atoms with E-state index in [0.717, 1.165) is 11.1 Å². The minimum absolute atomic E-state index is 0.00396. The third-order valence-electron chi connectivity index (χ3n) is 3.81. The summed E-state index contributed by atoms with van der Waals surface area (Å²) in [4.78, 5) is 0. The van der Waals surface area contributed by atoms with E-state index in [-0.39, 0.29) is 18.0 Å². The molecule has 118 valence electrons. The van der Waals surface area contributed by atoms with E-state index < -0.39 is 10.0 Å². The molecule has 0 spiro atoms. The van der Waals surface area contributed by atoms with E-state index in [1.165, 1.54) is 11.4 Å². The van der Waals surface area contributed by atoms with Gasteiger partial charge in [0.1, 0.15) is 0 Å². The van der Waals surface area contributed by atoms with Crippen LogP contribution in [0.3, 0.4) is 0 Å². The molecule has 1 aliphatic rings. The second kappa shape index (κ2) is 6.87. The highest BCUT2D eigenvalue weighted by atomic mass is 32.2. The number of methoxy groups -OCH3 is 1. The van der Waals surface area contributed by atoms with Gasteiger partial charge in [-0.1, -0.05) is 24.3 Å². The summed E-state index contributed by atoms with van der Waals surface area (Å²) in [6.45, 7) is 4.96. The molecule has 1 aliphatic heterocycles. The summed E-state index contributed by atoms with van der Waals surface area (Å²) in [5.74, 6) is 0.00396. The molecule has 2 rings (SSSR count). The quantitative estimate of drug-likeness (QED) is 0.831. The molecule has 0 saturated carbocycles. The zero-order valence-electron chi connectivity index (χ0n) is 12.8. The first kappa shape index (κ1) is 16.4. The van der Waals surface area contributed by atoms with Gasteiger partial charge >= 0.3 is 0 Å². The lowest BCUT2D eigenvalue weighted by Crippen LogP contribution is -2.44. The maximum absolute atomic E-state index is 12.4. The lowest BCUT2D eigenvalue weighted by molar-refractivity contribution is -0.00327. The molecule has 0 aromatic heterocycles. The van der Waals surface area contributed by atoms with Gasteiger partial charge in [0, 0.05) is 20.2 Å². The van der Waals surface area contributed by atoms with Crippen molar-refractivity contribution in [3.63, 3.8) is 0 Å². The molecule has 0 radical (unpaired) electrons. The summed E-state index contributed by atoms with van der Waals surface area (Å²) in [5.41, 5.74) is 2.17. The van der Waals surface area contributed by atoms with Crippen molar-refractivity contribution in [3.05, 3.63) is 35.4 Å². The fourth-order valence-electron chi connectivity index (χ4n) is 2.48. The highest BCUT2D eigenvalue weighted by Gasteiger charge is 2.31. The van der Waals surface area contributed by atoms with Gasteiger partial charge in [0.15, 0.2) is 0 Å². The smallest absolute Gasteiger partial charge is 0.216 e. The Morgan fingerprint density at radius 2 is 2.14 bits per heavy atom. The summed E-state index contributed by atoms with van der Waals surface area (Å²) < 4.78 is 37.2. The van der Waals surface area contributed by atoms with E-state index in [1.54, 1.807) is 6.92 Å². The topological polar surface area (TPSA) is 55.8 Å². The van der Waals surface area contributed by atoms with E-state index in [4.69, 9.17) is 9.47 Å². The van der Waals surface area contributed by atoms with Gasteiger partial charge < -0.3 is 9.47 Å². The summed E-state index contributed by atoms with van der Waals surface area (Å²) in [6, 6.07) is 7.93. The van der Waals surface area contributed by atoms with Crippen LogP contribution in [0, 0.1) is 6.92 Å². The van der Waals surface area contributed by atoms with Crippen molar-refractivity contribution in [1.29, 1.82) is 0 Å². The van der Waals surface area contributed by atoms with Crippen molar-refractivity contribution < 1.29 is 17.9 Å². The first-order valence-electron chi connectivity index (χ1n) is 7.12. The Kier molecular flexibility index (Phi) is 5.37. The summed E-state index contributed by atoms with van der Waals surface area (Å²) >= 11 is 0. The lowest BCUT2D eigenvalue weighted by atomic mass is 10.0. The molecule has 0 amide bonds. The number of morpholine rings is 1. The molecule has 2 atom stereocenters. The number of hydrogen-bond acceptors (Lipinski definition) is 4. The fourth-order valence-corrected chi connectivity index (χ4v) is 4.14. The van der Waals surface area contributed by atoms with Crippen LogP contribution in [0.1, 0.15) is 24.2 Å². The van der Waals surface area contributed by atoms with Crippen LogP contribution in [0.5, 0.6) is 0 Å². The van der Waals surface area contributed by atoms with Crippen LogP contribution >= 0.6 is 0 Å². The van der Waals surface area contributed by atoms with Gasteiger partial charge in [0.25, 0.3) is 0 Å². The van der Waals surface area contributed by atoms with Crippen LogP contribution in [0.2, 0.25) is 0 Å². The van der Waals surface area contributed by atoms with Gasteiger partial charge in [-0.25, -0.2) is 8.42 Å². The Morgan fingerprint density at radius 3 is 2.81 bits per heavy atom. The summed E-state index contributed by atoms with van der Waals surface area (Å²) in [6.07, 6.45) is -0.512. The first-order chi connectivity index (χ1) is 9.94. The number of hydrogen-bond donors (Lipinski definition) is 0. The normalized spacial score (nSPS) is 22.1. The average Bonchev–Trinajstić information content (AvgIpc) is 2.47. The van der Waals surface area contributed by atoms with Gasteiger partial charge in [0.05, 0.1) is 24.6 Å². The molecular weight excluding hydrogens is 290 g/mol. The Balaban J connectivity index is 2.12. The predicted molar refractivity (Wildman–Crippen MR) is 81.7 cm³/mol. The maximum Gasteiger partial charge on any atom is 0.216 e. The SMILES string of the molecule is COC(C)CS(=O)(=O)N1CCOC(c2ccccc2C)C1. The monoisotopic (exact) mass is 313 g/mol. The Hall–Kier alpha value is -0.950. The molecule has 1 aromatic rings. The van der Waals surface area contributed by atoms with E-state index >= 15 is 0 Å². The second-order valence-corrected chi connectivity index (χ2v) is 7.41. The Bertz CT molecular complexity index is 573. The first-order valence-corrected chi connectivity index (χ1v) is 8.72. The zero-order valence-corrected chi connectivity index (χ0v) is 13.6. The molecule has 0 aliphatic carbocycles. The maximum atomic E-state index is 12.4. The standard InChI is InChI=1S/C15H23NO4S/c1-12-6-4-5-7-14(12)15-10-16(8-9-20-15)21(17,18)11-13(2)19-3/h4-7,13,15H,8-11H2,1-3H3. The Morgan fingerprint density at radius 1 is 1.43 bits per heavy atom. The average molecular weight is 313 g/mol. The van der Waals surface area contributed by atoms with Gasteiger partial charge in [0.2, 0.25) is 10.0 Å². The van der Waals surface area contributed by atoms with Crippen molar-refractivity contribution in [3.8, 4) is 0 Å². The number of benzene rings is 1.